The number of hydrogen-bond donors (Lipinski definition) is 1. The molecule has 0 saturated carbocycles. The molecule has 3 heteroatoms. The second-order valence-corrected chi connectivity index (χ2v) is 6.44. The van der Waals surface area contributed by atoms with E-state index in [1.54, 1.807) is 0 Å². The lowest BCUT2D eigenvalue weighted by Crippen LogP contribution is -2.21. The summed E-state index contributed by atoms with van der Waals surface area (Å²) in [4.78, 5) is 0. The van der Waals surface area contributed by atoms with E-state index in [9.17, 15) is 0 Å². The number of nitrogens with one attached hydrogen (secondary N) is 1. The Morgan fingerprint density at radius 1 is 1.15 bits per heavy atom. The maximum Gasteiger partial charge on any atom is 0.130 e. The summed E-state index contributed by atoms with van der Waals surface area (Å²) in [6.07, 6.45) is 0. The van der Waals surface area contributed by atoms with E-state index in [1.807, 2.05) is 24.3 Å². The van der Waals surface area contributed by atoms with Crippen molar-refractivity contribution in [1.82, 2.24) is 5.32 Å². The molecule has 2 aromatic carbocycles. The van der Waals surface area contributed by atoms with Crippen LogP contribution in [0.1, 0.15) is 25.0 Å². The van der Waals surface area contributed by atoms with E-state index in [2.05, 4.69) is 66.9 Å². The van der Waals surface area contributed by atoms with Crippen LogP contribution in [0.3, 0.4) is 0 Å². The van der Waals surface area contributed by atoms with Crippen LogP contribution in [0.5, 0.6) is 11.5 Å². The molecule has 106 valence electrons. The molecule has 0 aromatic heterocycles. The van der Waals surface area contributed by atoms with E-state index in [0.29, 0.717) is 6.04 Å². The lowest BCUT2D eigenvalue weighted by atomic mass is 10.1. The minimum Gasteiger partial charge on any atom is -0.457 e. The van der Waals surface area contributed by atoms with Crippen LogP contribution in [0.4, 0.5) is 0 Å². The molecule has 0 atom stereocenters. The molecule has 0 spiro atoms. The second-order valence-electron chi connectivity index (χ2n) is 5.19. The highest BCUT2D eigenvalue weighted by molar-refractivity contribution is 14.1. The van der Waals surface area contributed by atoms with E-state index in [0.717, 1.165) is 23.6 Å². The Hall–Kier alpha value is -1.07. The number of halogens is 1. The van der Waals surface area contributed by atoms with E-state index in [1.165, 1.54) is 9.13 Å². The first-order valence-corrected chi connectivity index (χ1v) is 7.89. The largest absolute Gasteiger partial charge is 0.457 e. The van der Waals surface area contributed by atoms with Gasteiger partial charge in [0.1, 0.15) is 11.5 Å². The summed E-state index contributed by atoms with van der Waals surface area (Å²) in [5.41, 5.74) is 2.44. The molecule has 0 unspecified atom stereocenters. The van der Waals surface area contributed by atoms with Crippen molar-refractivity contribution in [3.63, 3.8) is 0 Å². The molecular formula is C17H20INO. The Morgan fingerprint density at radius 2 is 1.95 bits per heavy atom. The van der Waals surface area contributed by atoms with Gasteiger partial charge in [0.2, 0.25) is 0 Å². The quantitative estimate of drug-likeness (QED) is 0.745. The smallest absolute Gasteiger partial charge is 0.130 e. The number of hydrogen-bond acceptors (Lipinski definition) is 2. The summed E-state index contributed by atoms with van der Waals surface area (Å²) in [6, 6.07) is 14.9. The maximum atomic E-state index is 5.95. The highest BCUT2D eigenvalue weighted by atomic mass is 127. The third-order valence-corrected chi connectivity index (χ3v) is 3.65. The average molecular weight is 381 g/mol. The van der Waals surface area contributed by atoms with Crippen LogP contribution in [-0.4, -0.2) is 6.04 Å². The van der Waals surface area contributed by atoms with Gasteiger partial charge in [0, 0.05) is 16.2 Å². The van der Waals surface area contributed by atoms with Gasteiger partial charge in [-0.05, 0) is 64.9 Å². The van der Waals surface area contributed by atoms with Crippen molar-refractivity contribution in [2.45, 2.75) is 33.4 Å². The summed E-state index contributed by atoms with van der Waals surface area (Å²) in [6.45, 7) is 7.28. The topological polar surface area (TPSA) is 21.3 Å². The number of benzene rings is 2. The van der Waals surface area contributed by atoms with Crippen LogP contribution < -0.4 is 10.1 Å². The van der Waals surface area contributed by atoms with Crippen molar-refractivity contribution in [3.8, 4) is 11.5 Å². The zero-order valence-electron chi connectivity index (χ0n) is 12.1. The van der Waals surface area contributed by atoms with Gasteiger partial charge < -0.3 is 10.1 Å². The van der Waals surface area contributed by atoms with E-state index in [4.69, 9.17) is 4.74 Å². The van der Waals surface area contributed by atoms with Crippen LogP contribution in [0, 0.1) is 10.5 Å². The standard InChI is InChI=1S/C17H20INO/c1-12(2)19-11-14-7-8-17(13(3)9-14)20-16-6-4-5-15(18)10-16/h4-10,12,19H,11H2,1-3H3. The zero-order chi connectivity index (χ0) is 14.5. The van der Waals surface area contributed by atoms with Crippen molar-refractivity contribution < 1.29 is 4.74 Å². The van der Waals surface area contributed by atoms with Crippen LogP contribution >= 0.6 is 22.6 Å². The Labute approximate surface area is 134 Å². The van der Waals surface area contributed by atoms with Gasteiger partial charge in [-0.1, -0.05) is 32.0 Å². The zero-order valence-corrected chi connectivity index (χ0v) is 14.3. The highest BCUT2D eigenvalue weighted by Crippen LogP contribution is 2.26. The summed E-state index contributed by atoms with van der Waals surface area (Å²) in [5, 5.41) is 3.42. The summed E-state index contributed by atoms with van der Waals surface area (Å²) in [7, 11) is 0. The molecule has 2 aromatic rings. The van der Waals surface area contributed by atoms with E-state index >= 15 is 0 Å². The normalized spacial score (nSPS) is 10.8. The number of aryl methyl sites for hydroxylation is 1. The Bertz CT molecular complexity index is 581. The summed E-state index contributed by atoms with van der Waals surface area (Å²) < 4.78 is 7.12. The van der Waals surface area contributed by atoms with Crippen molar-refractivity contribution in [1.29, 1.82) is 0 Å². The molecule has 0 bridgehead atoms. The predicted octanol–water partition coefficient (Wildman–Crippen LogP) is 4.89. The molecule has 0 radical (unpaired) electrons. The number of rotatable bonds is 5. The Morgan fingerprint density at radius 3 is 2.60 bits per heavy atom. The van der Waals surface area contributed by atoms with Crippen LogP contribution in [0.25, 0.3) is 0 Å². The summed E-state index contributed by atoms with van der Waals surface area (Å²) >= 11 is 2.29. The molecule has 2 nitrogen and oxygen atoms in total. The van der Waals surface area contributed by atoms with Crippen LogP contribution in [0.15, 0.2) is 42.5 Å². The van der Waals surface area contributed by atoms with Gasteiger partial charge >= 0.3 is 0 Å². The molecule has 0 saturated heterocycles. The first-order chi connectivity index (χ1) is 9.54. The van der Waals surface area contributed by atoms with Gasteiger partial charge in [0.15, 0.2) is 0 Å². The van der Waals surface area contributed by atoms with Gasteiger partial charge in [-0.2, -0.15) is 0 Å². The molecule has 0 amide bonds. The first-order valence-electron chi connectivity index (χ1n) is 6.81. The molecule has 2 rings (SSSR count). The van der Waals surface area contributed by atoms with Gasteiger partial charge in [-0.25, -0.2) is 0 Å². The molecular weight excluding hydrogens is 361 g/mol. The fourth-order valence-corrected chi connectivity index (χ4v) is 2.43. The lowest BCUT2D eigenvalue weighted by Gasteiger charge is -2.12. The molecule has 0 aliphatic heterocycles. The first kappa shape index (κ1) is 15.3. The summed E-state index contributed by atoms with van der Waals surface area (Å²) in [5.74, 6) is 1.80. The molecule has 1 N–H and O–H groups in total. The predicted molar refractivity (Wildman–Crippen MR) is 92.4 cm³/mol. The third kappa shape index (κ3) is 4.49. The molecule has 0 fully saturated rings. The fourth-order valence-electron chi connectivity index (χ4n) is 1.92. The van der Waals surface area contributed by atoms with E-state index in [-0.39, 0.29) is 0 Å². The second kappa shape index (κ2) is 7.09. The van der Waals surface area contributed by atoms with Crippen molar-refractivity contribution in [2.75, 3.05) is 0 Å². The lowest BCUT2D eigenvalue weighted by molar-refractivity contribution is 0.478. The van der Waals surface area contributed by atoms with Crippen molar-refractivity contribution in [3.05, 3.63) is 57.2 Å². The van der Waals surface area contributed by atoms with Crippen LogP contribution in [-0.2, 0) is 6.54 Å². The van der Waals surface area contributed by atoms with E-state index < -0.39 is 0 Å². The maximum absolute atomic E-state index is 5.95. The Balaban J connectivity index is 2.09. The molecule has 20 heavy (non-hydrogen) atoms. The average Bonchev–Trinajstić information content (AvgIpc) is 2.39. The SMILES string of the molecule is Cc1cc(CNC(C)C)ccc1Oc1cccc(I)c1. The van der Waals surface area contributed by atoms with Gasteiger partial charge in [-0.3, -0.25) is 0 Å². The van der Waals surface area contributed by atoms with Crippen LogP contribution in [0.2, 0.25) is 0 Å². The van der Waals surface area contributed by atoms with Gasteiger partial charge in [0.25, 0.3) is 0 Å². The van der Waals surface area contributed by atoms with Crippen molar-refractivity contribution in [2.24, 2.45) is 0 Å². The molecule has 0 aliphatic rings. The molecule has 0 aliphatic carbocycles. The highest BCUT2D eigenvalue weighted by Gasteiger charge is 2.04. The van der Waals surface area contributed by atoms with Crippen molar-refractivity contribution >= 4 is 22.6 Å². The molecule has 0 heterocycles. The third-order valence-electron chi connectivity index (χ3n) is 2.98. The fraction of sp³-hybridized carbons (Fsp3) is 0.294. The minimum atomic E-state index is 0.498. The minimum absolute atomic E-state index is 0.498. The van der Waals surface area contributed by atoms with Gasteiger partial charge in [-0.15, -0.1) is 0 Å². The monoisotopic (exact) mass is 381 g/mol. The van der Waals surface area contributed by atoms with Gasteiger partial charge in [0.05, 0.1) is 0 Å². The Kier molecular flexibility index (Phi) is 5.43. The number of ether oxygens (including phenoxy) is 1.